The number of benzene rings is 1. The molecule has 2 heterocycles. The highest BCUT2D eigenvalue weighted by atomic mass is 19.1. The molecule has 3 aromatic rings. The van der Waals surface area contributed by atoms with E-state index in [4.69, 9.17) is 4.42 Å². The highest BCUT2D eigenvalue weighted by Crippen LogP contribution is 2.19. The van der Waals surface area contributed by atoms with Crippen molar-refractivity contribution in [1.29, 1.82) is 0 Å². The van der Waals surface area contributed by atoms with Crippen molar-refractivity contribution in [2.75, 3.05) is 0 Å². The second-order valence-corrected chi connectivity index (χ2v) is 4.07. The van der Waals surface area contributed by atoms with Crippen LogP contribution in [0, 0.1) is 5.82 Å². The number of carbonyl (C=O) groups is 1. The van der Waals surface area contributed by atoms with Crippen LogP contribution < -0.4 is 0 Å². The Morgan fingerprint density at radius 3 is 2.89 bits per heavy atom. The first-order valence-electron chi connectivity index (χ1n) is 5.54. The average Bonchev–Trinajstić information content (AvgIpc) is 2.97. The number of carbonyl (C=O) groups excluding carboxylic acids is 1. The molecule has 0 aliphatic carbocycles. The Morgan fingerprint density at radius 1 is 1.22 bits per heavy atom. The maximum Gasteiger partial charge on any atom is 0.185 e. The zero-order valence-corrected chi connectivity index (χ0v) is 9.47. The van der Waals surface area contributed by atoms with Crippen molar-refractivity contribution < 1.29 is 13.6 Å². The van der Waals surface area contributed by atoms with Crippen LogP contribution in [-0.4, -0.2) is 10.9 Å². The monoisotopic (exact) mass is 243 g/mol. The molecule has 0 radical (unpaired) electrons. The SMILES string of the molecule is O=Cc1ccc(Cn2ccc3ccc(F)cc32)o1. The van der Waals surface area contributed by atoms with Crippen LogP contribution in [0.3, 0.4) is 0 Å². The predicted molar refractivity (Wildman–Crippen MR) is 65.1 cm³/mol. The lowest BCUT2D eigenvalue weighted by molar-refractivity contribution is 0.109. The van der Waals surface area contributed by atoms with Gasteiger partial charge in [-0.15, -0.1) is 0 Å². The zero-order chi connectivity index (χ0) is 12.5. The molecular weight excluding hydrogens is 233 g/mol. The van der Waals surface area contributed by atoms with Crippen molar-refractivity contribution in [2.45, 2.75) is 6.54 Å². The molecule has 0 amide bonds. The number of furan rings is 1. The largest absolute Gasteiger partial charge is 0.456 e. The highest BCUT2D eigenvalue weighted by Gasteiger charge is 2.06. The Kier molecular flexibility index (Phi) is 2.48. The molecule has 0 unspecified atom stereocenters. The molecule has 2 aromatic heterocycles. The summed E-state index contributed by atoms with van der Waals surface area (Å²) in [5, 5.41) is 0.971. The Bertz CT molecular complexity index is 711. The maximum absolute atomic E-state index is 13.2. The van der Waals surface area contributed by atoms with E-state index in [-0.39, 0.29) is 5.82 Å². The van der Waals surface area contributed by atoms with E-state index in [0.29, 0.717) is 24.4 Å². The number of hydrogen-bond donors (Lipinski definition) is 0. The Morgan fingerprint density at radius 2 is 2.11 bits per heavy atom. The standard InChI is InChI=1S/C14H10FNO2/c15-11-2-1-10-5-6-16(14(10)7-11)8-12-3-4-13(9-17)18-12/h1-7,9H,8H2. The summed E-state index contributed by atoms with van der Waals surface area (Å²) in [6, 6.07) is 9.94. The molecule has 0 bridgehead atoms. The molecular formula is C14H10FNO2. The van der Waals surface area contributed by atoms with Crippen LogP contribution in [-0.2, 0) is 6.54 Å². The second kappa shape index (κ2) is 4.14. The van der Waals surface area contributed by atoms with E-state index in [1.54, 1.807) is 18.2 Å². The van der Waals surface area contributed by atoms with E-state index in [9.17, 15) is 9.18 Å². The van der Waals surface area contributed by atoms with Gasteiger partial charge in [-0.3, -0.25) is 4.79 Å². The quantitative estimate of drug-likeness (QED) is 0.662. The minimum atomic E-state index is -0.268. The van der Waals surface area contributed by atoms with E-state index in [2.05, 4.69) is 0 Å². The van der Waals surface area contributed by atoms with Gasteiger partial charge in [0.15, 0.2) is 12.0 Å². The normalized spacial score (nSPS) is 10.9. The lowest BCUT2D eigenvalue weighted by Gasteiger charge is -2.02. The summed E-state index contributed by atoms with van der Waals surface area (Å²) < 4.78 is 20.4. The third-order valence-electron chi connectivity index (χ3n) is 2.86. The minimum absolute atomic E-state index is 0.268. The van der Waals surface area contributed by atoms with Gasteiger partial charge in [-0.05, 0) is 41.8 Å². The van der Waals surface area contributed by atoms with E-state index in [0.717, 1.165) is 10.9 Å². The molecule has 0 fully saturated rings. The van der Waals surface area contributed by atoms with Crippen molar-refractivity contribution in [3.05, 3.63) is 59.9 Å². The fourth-order valence-electron chi connectivity index (χ4n) is 2.01. The number of fused-ring (bicyclic) bond motifs is 1. The van der Waals surface area contributed by atoms with Crippen molar-refractivity contribution >= 4 is 17.2 Å². The number of aldehydes is 1. The van der Waals surface area contributed by atoms with Crippen LogP contribution in [0.5, 0.6) is 0 Å². The molecule has 0 aliphatic heterocycles. The van der Waals surface area contributed by atoms with Gasteiger partial charge in [0.05, 0.1) is 12.1 Å². The van der Waals surface area contributed by atoms with Crippen molar-refractivity contribution in [3.63, 3.8) is 0 Å². The van der Waals surface area contributed by atoms with Crippen LogP contribution in [0.4, 0.5) is 4.39 Å². The zero-order valence-electron chi connectivity index (χ0n) is 9.47. The number of halogens is 1. The van der Waals surface area contributed by atoms with Gasteiger partial charge in [-0.1, -0.05) is 0 Å². The van der Waals surface area contributed by atoms with E-state index < -0.39 is 0 Å². The molecule has 0 N–H and O–H groups in total. The Labute approximate surface area is 102 Å². The van der Waals surface area contributed by atoms with E-state index >= 15 is 0 Å². The summed E-state index contributed by atoms with van der Waals surface area (Å²) in [4.78, 5) is 10.5. The first-order valence-corrected chi connectivity index (χ1v) is 5.54. The summed E-state index contributed by atoms with van der Waals surface area (Å²) >= 11 is 0. The molecule has 3 rings (SSSR count). The maximum atomic E-state index is 13.2. The topological polar surface area (TPSA) is 35.1 Å². The van der Waals surface area contributed by atoms with Gasteiger partial charge in [0.25, 0.3) is 0 Å². The van der Waals surface area contributed by atoms with Gasteiger partial charge in [0, 0.05) is 6.20 Å². The Balaban J connectivity index is 1.99. The van der Waals surface area contributed by atoms with Crippen LogP contribution >= 0.6 is 0 Å². The van der Waals surface area contributed by atoms with Crippen molar-refractivity contribution in [1.82, 2.24) is 4.57 Å². The number of aromatic nitrogens is 1. The molecule has 4 heteroatoms. The molecule has 0 atom stereocenters. The number of nitrogens with zero attached hydrogens (tertiary/aromatic N) is 1. The summed E-state index contributed by atoms with van der Waals surface area (Å²) in [6.45, 7) is 0.473. The van der Waals surface area contributed by atoms with E-state index in [1.807, 2.05) is 16.8 Å². The fourth-order valence-corrected chi connectivity index (χ4v) is 2.01. The molecule has 0 saturated heterocycles. The molecule has 1 aromatic carbocycles. The average molecular weight is 243 g/mol. The van der Waals surface area contributed by atoms with Gasteiger partial charge >= 0.3 is 0 Å². The summed E-state index contributed by atoms with van der Waals surface area (Å²) in [5.41, 5.74) is 0.805. The van der Waals surface area contributed by atoms with Gasteiger partial charge in [0.1, 0.15) is 11.6 Å². The van der Waals surface area contributed by atoms with Crippen molar-refractivity contribution in [3.8, 4) is 0 Å². The van der Waals surface area contributed by atoms with Crippen molar-refractivity contribution in [2.24, 2.45) is 0 Å². The Hall–Kier alpha value is -2.36. The van der Waals surface area contributed by atoms with Crippen LogP contribution in [0.25, 0.3) is 10.9 Å². The molecule has 18 heavy (non-hydrogen) atoms. The molecule has 0 saturated carbocycles. The highest BCUT2D eigenvalue weighted by molar-refractivity contribution is 5.80. The second-order valence-electron chi connectivity index (χ2n) is 4.07. The third-order valence-corrected chi connectivity index (χ3v) is 2.86. The first-order chi connectivity index (χ1) is 8.76. The van der Waals surface area contributed by atoms with Gasteiger partial charge in [-0.25, -0.2) is 4.39 Å². The predicted octanol–water partition coefficient (Wildman–Crippen LogP) is 3.23. The summed E-state index contributed by atoms with van der Waals surface area (Å²) in [5.74, 6) is 0.696. The van der Waals surface area contributed by atoms with E-state index in [1.165, 1.54) is 12.1 Å². The lowest BCUT2D eigenvalue weighted by atomic mass is 10.2. The van der Waals surface area contributed by atoms with Crippen LogP contribution in [0.2, 0.25) is 0 Å². The molecule has 3 nitrogen and oxygen atoms in total. The van der Waals surface area contributed by atoms with Crippen LogP contribution in [0.15, 0.2) is 47.0 Å². The third kappa shape index (κ3) is 1.82. The van der Waals surface area contributed by atoms with Gasteiger partial charge in [0.2, 0.25) is 0 Å². The van der Waals surface area contributed by atoms with Gasteiger partial charge < -0.3 is 8.98 Å². The molecule has 90 valence electrons. The first kappa shape index (κ1) is 10.8. The van der Waals surface area contributed by atoms with Crippen LogP contribution in [0.1, 0.15) is 16.3 Å². The van der Waals surface area contributed by atoms with Gasteiger partial charge in [-0.2, -0.15) is 0 Å². The fraction of sp³-hybridized carbons (Fsp3) is 0.0714. The number of hydrogen-bond acceptors (Lipinski definition) is 2. The minimum Gasteiger partial charge on any atom is -0.456 e. The number of rotatable bonds is 3. The lowest BCUT2D eigenvalue weighted by Crippen LogP contribution is -1.96. The summed E-state index contributed by atoms with van der Waals surface area (Å²) in [6.07, 6.45) is 2.53. The molecule has 0 spiro atoms. The summed E-state index contributed by atoms with van der Waals surface area (Å²) in [7, 11) is 0. The smallest absolute Gasteiger partial charge is 0.185 e. The molecule has 0 aliphatic rings.